The van der Waals surface area contributed by atoms with Crippen LogP contribution in [0, 0.1) is 13.8 Å². The molecule has 1 N–H and O–H groups in total. The molecule has 1 aromatic carbocycles. The van der Waals surface area contributed by atoms with Crippen LogP contribution in [0.15, 0.2) is 29.2 Å². The summed E-state index contributed by atoms with van der Waals surface area (Å²) in [5.41, 5.74) is 6.27. The third-order valence-corrected chi connectivity index (χ3v) is 7.28. The summed E-state index contributed by atoms with van der Waals surface area (Å²) in [6.45, 7) is 10.5. The predicted octanol–water partition coefficient (Wildman–Crippen LogP) is 4.21. The van der Waals surface area contributed by atoms with E-state index in [-0.39, 0.29) is 17.6 Å². The van der Waals surface area contributed by atoms with E-state index in [0.717, 1.165) is 65.0 Å². The maximum absolute atomic E-state index is 12.4. The van der Waals surface area contributed by atoms with Crippen molar-refractivity contribution in [2.24, 2.45) is 7.05 Å². The largest absolute Gasteiger partial charge is 0.490 e. The van der Waals surface area contributed by atoms with E-state index in [0.29, 0.717) is 12.5 Å². The average molecular weight is 479 g/mol. The van der Waals surface area contributed by atoms with Gasteiger partial charge in [-0.05, 0) is 61.9 Å². The van der Waals surface area contributed by atoms with E-state index in [2.05, 4.69) is 35.9 Å². The first-order chi connectivity index (χ1) is 16.6. The Hall–Kier alpha value is -3.06. The number of hydrogen-bond acceptors (Lipinski definition) is 4. The molecule has 3 aromatic rings. The number of benzene rings is 1. The number of hydrogen-bond donors (Lipinski definition) is 1. The highest BCUT2D eigenvalue weighted by Gasteiger charge is 2.24. The number of fused-ring (bicyclic) bond motifs is 1. The first-order valence-electron chi connectivity index (χ1n) is 12.5. The number of ether oxygens (including phenoxy) is 1. The van der Waals surface area contributed by atoms with Gasteiger partial charge in [-0.15, -0.1) is 0 Å². The molecular formula is C28H38N4O3. The fraction of sp³-hybridized carbons (Fsp3) is 0.500. The van der Waals surface area contributed by atoms with Gasteiger partial charge in [-0.3, -0.25) is 14.5 Å². The van der Waals surface area contributed by atoms with Gasteiger partial charge in [-0.1, -0.05) is 13.8 Å². The van der Waals surface area contributed by atoms with Gasteiger partial charge in [-0.25, -0.2) is 0 Å². The first kappa shape index (κ1) is 25.0. The van der Waals surface area contributed by atoms with E-state index in [9.17, 15) is 9.59 Å². The second-order valence-corrected chi connectivity index (χ2v) is 10.4. The monoisotopic (exact) mass is 478 g/mol. The highest BCUT2D eigenvalue weighted by atomic mass is 16.5. The minimum Gasteiger partial charge on any atom is -0.490 e. The molecular weight excluding hydrogens is 440 g/mol. The lowest BCUT2D eigenvalue weighted by atomic mass is 9.94. The Bertz CT molecular complexity index is 1290. The zero-order valence-corrected chi connectivity index (χ0v) is 22.1. The average Bonchev–Trinajstić information content (AvgIpc) is 3.20. The third kappa shape index (κ3) is 5.01. The molecule has 3 heterocycles. The fourth-order valence-corrected chi connectivity index (χ4v) is 5.02. The van der Waals surface area contributed by atoms with Crippen molar-refractivity contribution in [3.8, 4) is 17.0 Å². The molecule has 1 aliphatic heterocycles. The van der Waals surface area contributed by atoms with Crippen molar-refractivity contribution in [1.29, 1.82) is 0 Å². The van der Waals surface area contributed by atoms with Gasteiger partial charge in [0.15, 0.2) is 0 Å². The summed E-state index contributed by atoms with van der Waals surface area (Å²) in [5, 5.41) is 1.16. The molecule has 188 valence electrons. The van der Waals surface area contributed by atoms with Crippen LogP contribution in [-0.2, 0) is 11.8 Å². The SMILES string of the molecule is Cc1c(-c2[nH]c3ccc(OC4CCN(CC(=O)N(C)C)CC4)cc3c2C(C)C)cn(C)c(=O)c1C. The van der Waals surface area contributed by atoms with Crippen molar-refractivity contribution in [3.05, 3.63) is 51.4 Å². The molecule has 7 nitrogen and oxygen atoms in total. The summed E-state index contributed by atoms with van der Waals surface area (Å²) >= 11 is 0. The van der Waals surface area contributed by atoms with Crippen LogP contribution in [0.5, 0.6) is 5.75 Å². The van der Waals surface area contributed by atoms with E-state index < -0.39 is 0 Å². The van der Waals surface area contributed by atoms with Gasteiger partial charge in [-0.2, -0.15) is 0 Å². The molecule has 1 aliphatic rings. The number of nitrogens with one attached hydrogen (secondary N) is 1. The topological polar surface area (TPSA) is 70.6 Å². The summed E-state index contributed by atoms with van der Waals surface area (Å²) in [5.74, 6) is 1.31. The van der Waals surface area contributed by atoms with Crippen LogP contribution >= 0.6 is 0 Å². The Labute approximate surface area is 207 Å². The van der Waals surface area contributed by atoms with Crippen molar-refractivity contribution in [1.82, 2.24) is 19.4 Å². The van der Waals surface area contributed by atoms with Gasteiger partial charge >= 0.3 is 0 Å². The fourth-order valence-electron chi connectivity index (χ4n) is 5.02. The number of pyridine rings is 1. The number of likely N-dealkylation sites (N-methyl/N-ethyl adjacent to an activating group) is 1. The molecule has 0 saturated carbocycles. The number of nitrogens with zero attached hydrogens (tertiary/aromatic N) is 3. The van der Waals surface area contributed by atoms with Crippen molar-refractivity contribution < 1.29 is 9.53 Å². The Morgan fingerprint density at radius 1 is 1.17 bits per heavy atom. The third-order valence-electron chi connectivity index (χ3n) is 7.28. The zero-order valence-electron chi connectivity index (χ0n) is 22.1. The molecule has 1 saturated heterocycles. The normalized spacial score (nSPS) is 15.2. The van der Waals surface area contributed by atoms with Crippen LogP contribution in [0.25, 0.3) is 22.2 Å². The molecule has 0 bridgehead atoms. The van der Waals surface area contributed by atoms with Crippen LogP contribution in [0.4, 0.5) is 0 Å². The quantitative estimate of drug-likeness (QED) is 0.576. The number of carbonyl (C=O) groups is 1. The lowest BCUT2D eigenvalue weighted by Crippen LogP contribution is -2.43. The maximum atomic E-state index is 12.4. The van der Waals surface area contributed by atoms with E-state index in [1.54, 1.807) is 23.6 Å². The molecule has 2 aromatic heterocycles. The van der Waals surface area contributed by atoms with E-state index >= 15 is 0 Å². The van der Waals surface area contributed by atoms with Crippen LogP contribution in [-0.4, -0.2) is 65.1 Å². The van der Waals surface area contributed by atoms with Gasteiger partial charge in [0.1, 0.15) is 11.9 Å². The summed E-state index contributed by atoms with van der Waals surface area (Å²) in [4.78, 5) is 31.9. The number of piperidine rings is 1. The molecule has 7 heteroatoms. The molecule has 0 spiro atoms. The molecule has 1 amide bonds. The standard InChI is InChI=1S/C28H38N4O3/c1-17(2)26-22-14-21(35-20-10-12-32(13-11-20)16-25(33)30(5)6)8-9-24(22)29-27(26)23-15-31(7)28(34)19(4)18(23)3/h8-9,14-15,17,20,29H,10-13,16H2,1-7H3. The maximum Gasteiger partial charge on any atom is 0.253 e. The van der Waals surface area contributed by atoms with E-state index in [1.165, 1.54) is 5.56 Å². The van der Waals surface area contributed by atoms with Gasteiger partial charge in [0.25, 0.3) is 5.56 Å². The van der Waals surface area contributed by atoms with Gasteiger partial charge in [0.2, 0.25) is 5.91 Å². The second kappa shape index (κ2) is 9.90. The molecule has 0 atom stereocenters. The molecule has 0 aliphatic carbocycles. The van der Waals surface area contributed by atoms with E-state index in [1.807, 2.05) is 33.2 Å². The second-order valence-electron chi connectivity index (χ2n) is 10.4. The van der Waals surface area contributed by atoms with Gasteiger partial charge < -0.3 is 19.2 Å². The molecule has 0 radical (unpaired) electrons. The number of carbonyl (C=O) groups excluding carboxylic acids is 1. The van der Waals surface area contributed by atoms with Crippen LogP contribution in [0.2, 0.25) is 0 Å². The number of rotatable bonds is 6. The molecule has 0 unspecified atom stereocenters. The summed E-state index contributed by atoms with van der Waals surface area (Å²) < 4.78 is 8.08. The van der Waals surface area contributed by atoms with Crippen molar-refractivity contribution in [2.45, 2.75) is 52.6 Å². The Morgan fingerprint density at radius 3 is 2.49 bits per heavy atom. The number of likely N-dealkylation sites (tertiary alicyclic amines) is 1. The molecule has 1 fully saturated rings. The van der Waals surface area contributed by atoms with Crippen molar-refractivity contribution in [2.75, 3.05) is 33.7 Å². The predicted molar refractivity (Wildman–Crippen MR) is 141 cm³/mol. The Morgan fingerprint density at radius 2 is 1.86 bits per heavy atom. The van der Waals surface area contributed by atoms with Crippen molar-refractivity contribution >= 4 is 16.8 Å². The number of aromatic nitrogens is 2. The highest BCUT2D eigenvalue weighted by molar-refractivity contribution is 5.92. The number of H-pyrrole nitrogens is 1. The number of aryl methyl sites for hydroxylation is 1. The first-order valence-corrected chi connectivity index (χ1v) is 12.5. The Kier molecular flexibility index (Phi) is 7.08. The van der Waals surface area contributed by atoms with Crippen LogP contribution in [0.1, 0.15) is 49.3 Å². The minimum atomic E-state index is 0.0428. The number of aromatic amines is 1. The summed E-state index contributed by atoms with van der Waals surface area (Å²) in [7, 11) is 5.41. The lowest BCUT2D eigenvalue weighted by molar-refractivity contribution is -0.130. The Balaban J connectivity index is 1.59. The highest BCUT2D eigenvalue weighted by Crippen LogP contribution is 2.38. The summed E-state index contributed by atoms with van der Waals surface area (Å²) in [6.07, 6.45) is 3.90. The smallest absolute Gasteiger partial charge is 0.253 e. The number of amides is 1. The molecule has 4 rings (SSSR count). The van der Waals surface area contributed by atoms with Crippen LogP contribution in [0.3, 0.4) is 0 Å². The summed E-state index contributed by atoms with van der Waals surface area (Å²) in [6, 6.07) is 6.28. The zero-order chi connectivity index (χ0) is 25.4. The van der Waals surface area contributed by atoms with E-state index in [4.69, 9.17) is 4.74 Å². The van der Waals surface area contributed by atoms with Gasteiger partial charge in [0.05, 0.1) is 12.2 Å². The van der Waals surface area contributed by atoms with Gasteiger partial charge in [0, 0.05) is 62.5 Å². The molecule has 35 heavy (non-hydrogen) atoms. The lowest BCUT2D eigenvalue weighted by Gasteiger charge is -2.32. The minimum absolute atomic E-state index is 0.0428. The van der Waals surface area contributed by atoms with Crippen LogP contribution < -0.4 is 10.3 Å². The van der Waals surface area contributed by atoms with Crippen molar-refractivity contribution in [3.63, 3.8) is 0 Å².